The number of piperazine rings is 1. The summed E-state index contributed by atoms with van der Waals surface area (Å²) in [5.74, 6) is 1.41. The highest BCUT2D eigenvalue weighted by Crippen LogP contribution is 2.35. The zero-order chi connectivity index (χ0) is 18.2. The van der Waals surface area contributed by atoms with Crippen molar-refractivity contribution in [3.63, 3.8) is 0 Å². The van der Waals surface area contributed by atoms with Gasteiger partial charge in [0.2, 0.25) is 6.79 Å². The Morgan fingerprint density at radius 2 is 1.74 bits per heavy atom. The molecule has 0 aromatic heterocycles. The molecule has 2 unspecified atom stereocenters. The molecule has 3 heterocycles. The summed E-state index contributed by atoms with van der Waals surface area (Å²) in [6, 6.07) is 16.6. The Labute approximate surface area is 158 Å². The first kappa shape index (κ1) is 16.4. The molecule has 3 aliphatic heterocycles. The highest BCUT2D eigenvalue weighted by Gasteiger charge is 2.42. The highest BCUT2D eigenvalue weighted by atomic mass is 16.7. The van der Waals surface area contributed by atoms with Crippen LogP contribution in [0.5, 0.6) is 11.5 Å². The maximum absolute atomic E-state index is 12.9. The van der Waals surface area contributed by atoms with Crippen molar-refractivity contribution in [1.82, 2.24) is 9.80 Å². The van der Waals surface area contributed by atoms with Crippen LogP contribution in [0.15, 0.2) is 48.5 Å². The fourth-order valence-corrected chi connectivity index (χ4v) is 4.45. The van der Waals surface area contributed by atoms with Gasteiger partial charge >= 0.3 is 6.03 Å². The summed E-state index contributed by atoms with van der Waals surface area (Å²) in [5, 5.41) is 3.04. The molecule has 0 saturated carbocycles. The van der Waals surface area contributed by atoms with Gasteiger partial charge in [-0.05, 0) is 30.5 Å². The normalized spacial score (nSPS) is 23.5. The Morgan fingerprint density at radius 3 is 2.52 bits per heavy atom. The SMILES string of the molecule is O=C(Nc1ccc2c(c1)OCO2)N1C2CCC1CN(Cc1ccccc1)C2. The highest BCUT2D eigenvalue weighted by molar-refractivity contribution is 5.90. The van der Waals surface area contributed by atoms with Crippen molar-refractivity contribution in [2.75, 3.05) is 25.2 Å². The van der Waals surface area contributed by atoms with Crippen LogP contribution in [-0.4, -0.2) is 47.8 Å². The summed E-state index contributed by atoms with van der Waals surface area (Å²) >= 11 is 0. The number of carbonyl (C=O) groups excluding carboxylic acids is 1. The van der Waals surface area contributed by atoms with Crippen molar-refractivity contribution in [3.05, 3.63) is 54.1 Å². The van der Waals surface area contributed by atoms with E-state index in [2.05, 4.69) is 34.5 Å². The summed E-state index contributed by atoms with van der Waals surface area (Å²) in [5.41, 5.74) is 2.07. The lowest BCUT2D eigenvalue weighted by molar-refractivity contribution is 0.0902. The minimum Gasteiger partial charge on any atom is -0.454 e. The fourth-order valence-electron chi connectivity index (χ4n) is 4.45. The number of nitrogens with zero attached hydrogens (tertiary/aromatic N) is 2. The van der Waals surface area contributed by atoms with E-state index in [9.17, 15) is 4.79 Å². The molecular weight excluding hydrogens is 342 g/mol. The minimum atomic E-state index is -0.0132. The monoisotopic (exact) mass is 365 g/mol. The Kier molecular flexibility index (Phi) is 4.13. The Hall–Kier alpha value is -2.73. The van der Waals surface area contributed by atoms with Gasteiger partial charge in [-0.2, -0.15) is 0 Å². The summed E-state index contributed by atoms with van der Waals surface area (Å²) in [6.07, 6.45) is 2.15. The zero-order valence-electron chi connectivity index (χ0n) is 15.1. The molecule has 5 rings (SSSR count). The number of urea groups is 1. The van der Waals surface area contributed by atoms with E-state index in [1.807, 2.05) is 29.2 Å². The lowest BCUT2D eigenvalue weighted by atomic mass is 10.1. The molecule has 0 spiro atoms. The van der Waals surface area contributed by atoms with Gasteiger partial charge in [0.05, 0.1) is 0 Å². The van der Waals surface area contributed by atoms with Crippen LogP contribution in [0.25, 0.3) is 0 Å². The molecule has 2 aromatic rings. The number of amides is 2. The molecule has 2 atom stereocenters. The first-order valence-corrected chi connectivity index (χ1v) is 9.51. The summed E-state index contributed by atoms with van der Waals surface area (Å²) in [4.78, 5) is 17.4. The number of carbonyl (C=O) groups is 1. The van der Waals surface area contributed by atoms with E-state index < -0.39 is 0 Å². The van der Waals surface area contributed by atoms with E-state index in [1.54, 1.807) is 0 Å². The van der Waals surface area contributed by atoms with Crippen molar-refractivity contribution in [2.45, 2.75) is 31.5 Å². The van der Waals surface area contributed by atoms with Crippen LogP contribution >= 0.6 is 0 Å². The molecule has 1 N–H and O–H groups in total. The number of hydrogen-bond donors (Lipinski definition) is 1. The van der Waals surface area contributed by atoms with Crippen LogP contribution in [-0.2, 0) is 6.54 Å². The Bertz CT molecular complexity index is 828. The molecule has 0 radical (unpaired) electrons. The predicted octanol–water partition coefficient (Wildman–Crippen LogP) is 3.30. The van der Waals surface area contributed by atoms with Gasteiger partial charge in [0.15, 0.2) is 11.5 Å². The predicted molar refractivity (Wildman–Crippen MR) is 102 cm³/mol. The van der Waals surface area contributed by atoms with Crippen LogP contribution in [0.3, 0.4) is 0 Å². The molecule has 27 heavy (non-hydrogen) atoms. The van der Waals surface area contributed by atoms with E-state index in [1.165, 1.54) is 5.56 Å². The van der Waals surface area contributed by atoms with E-state index in [0.29, 0.717) is 5.75 Å². The van der Waals surface area contributed by atoms with Gasteiger partial charge in [-0.3, -0.25) is 4.90 Å². The van der Waals surface area contributed by atoms with E-state index in [4.69, 9.17) is 9.47 Å². The third-order valence-electron chi connectivity index (χ3n) is 5.67. The van der Waals surface area contributed by atoms with Crippen molar-refractivity contribution in [1.29, 1.82) is 0 Å². The molecule has 2 fully saturated rings. The summed E-state index contributed by atoms with van der Waals surface area (Å²) in [7, 11) is 0. The van der Waals surface area contributed by atoms with Gasteiger partial charge in [0.25, 0.3) is 0 Å². The van der Waals surface area contributed by atoms with E-state index in [-0.39, 0.29) is 24.9 Å². The second-order valence-corrected chi connectivity index (χ2v) is 7.47. The van der Waals surface area contributed by atoms with Crippen molar-refractivity contribution < 1.29 is 14.3 Å². The largest absolute Gasteiger partial charge is 0.454 e. The molecule has 0 aliphatic carbocycles. The van der Waals surface area contributed by atoms with Crippen LogP contribution in [0, 0.1) is 0 Å². The lowest BCUT2D eigenvalue weighted by Gasteiger charge is -2.41. The van der Waals surface area contributed by atoms with Gasteiger partial charge in [0.1, 0.15) is 0 Å². The third kappa shape index (κ3) is 3.21. The maximum Gasteiger partial charge on any atom is 0.322 e. The topological polar surface area (TPSA) is 54.0 Å². The first-order valence-electron chi connectivity index (χ1n) is 9.51. The van der Waals surface area contributed by atoms with Gasteiger partial charge in [-0.15, -0.1) is 0 Å². The number of ether oxygens (including phenoxy) is 2. The van der Waals surface area contributed by atoms with Crippen LogP contribution < -0.4 is 14.8 Å². The molecule has 6 heteroatoms. The van der Waals surface area contributed by atoms with E-state index in [0.717, 1.165) is 43.9 Å². The number of fused-ring (bicyclic) bond motifs is 3. The second kappa shape index (κ2) is 6.78. The fraction of sp³-hybridized carbons (Fsp3) is 0.381. The quantitative estimate of drug-likeness (QED) is 0.907. The smallest absolute Gasteiger partial charge is 0.322 e. The molecule has 140 valence electrons. The number of hydrogen-bond acceptors (Lipinski definition) is 4. The van der Waals surface area contributed by atoms with Crippen LogP contribution in [0.4, 0.5) is 10.5 Å². The Morgan fingerprint density at radius 1 is 1.00 bits per heavy atom. The second-order valence-electron chi connectivity index (χ2n) is 7.47. The van der Waals surface area contributed by atoms with Gasteiger partial charge in [-0.1, -0.05) is 30.3 Å². The van der Waals surface area contributed by atoms with Crippen molar-refractivity contribution in [2.24, 2.45) is 0 Å². The van der Waals surface area contributed by atoms with Crippen molar-refractivity contribution >= 4 is 11.7 Å². The lowest BCUT2D eigenvalue weighted by Crippen LogP contribution is -2.56. The number of benzene rings is 2. The minimum absolute atomic E-state index is 0.0132. The molecular formula is C21H23N3O3. The van der Waals surface area contributed by atoms with Gasteiger partial charge < -0.3 is 19.7 Å². The van der Waals surface area contributed by atoms with Gasteiger partial charge in [0, 0.05) is 43.5 Å². The van der Waals surface area contributed by atoms with Crippen molar-refractivity contribution in [3.8, 4) is 11.5 Å². The number of anilines is 1. The number of nitrogens with one attached hydrogen (secondary N) is 1. The number of likely N-dealkylation sites (tertiary alicyclic amines) is 1. The Balaban J connectivity index is 1.24. The summed E-state index contributed by atoms with van der Waals surface area (Å²) < 4.78 is 10.7. The maximum atomic E-state index is 12.9. The van der Waals surface area contributed by atoms with Gasteiger partial charge in [-0.25, -0.2) is 4.79 Å². The molecule has 2 bridgehead atoms. The molecule has 2 amide bonds. The average Bonchev–Trinajstić information content (AvgIpc) is 3.24. The van der Waals surface area contributed by atoms with Crippen LogP contribution in [0.1, 0.15) is 18.4 Å². The number of rotatable bonds is 3. The molecule has 2 saturated heterocycles. The zero-order valence-corrected chi connectivity index (χ0v) is 15.1. The standard InChI is InChI=1S/C21H23N3O3/c25-21(22-16-6-9-19-20(10-16)27-14-26-19)24-17-7-8-18(24)13-23(12-17)11-15-4-2-1-3-5-15/h1-6,9-10,17-18H,7-8,11-14H2,(H,22,25). The van der Waals surface area contributed by atoms with E-state index >= 15 is 0 Å². The first-order chi connectivity index (χ1) is 13.3. The van der Waals surface area contributed by atoms with Crippen LogP contribution in [0.2, 0.25) is 0 Å². The molecule has 2 aromatic carbocycles. The third-order valence-corrected chi connectivity index (χ3v) is 5.67. The summed E-state index contributed by atoms with van der Waals surface area (Å²) in [6.45, 7) is 3.05. The molecule has 3 aliphatic rings. The average molecular weight is 365 g/mol. The molecule has 6 nitrogen and oxygen atoms in total.